The van der Waals surface area contributed by atoms with E-state index in [2.05, 4.69) is 31.9 Å². The zero-order chi connectivity index (χ0) is 14.7. The topological polar surface area (TPSA) is 9.23 Å². The lowest BCUT2D eigenvalue weighted by atomic mass is 10.2. The van der Waals surface area contributed by atoms with Gasteiger partial charge in [-0.25, -0.2) is 8.78 Å². The van der Waals surface area contributed by atoms with E-state index >= 15 is 0 Å². The molecule has 0 spiro atoms. The number of rotatable bonds is 4. The predicted molar refractivity (Wildman–Crippen MR) is 82.1 cm³/mol. The fraction of sp³-hybridized carbons (Fsp3) is 0.143. The van der Waals surface area contributed by atoms with Crippen molar-refractivity contribution in [1.29, 1.82) is 0 Å². The Balaban J connectivity index is 2.18. The number of ether oxygens (including phenoxy) is 1. The molecule has 6 heteroatoms. The van der Waals surface area contributed by atoms with Crippen molar-refractivity contribution in [2.45, 2.75) is 12.5 Å². The molecule has 20 heavy (non-hydrogen) atoms. The lowest BCUT2D eigenvalue weighted by Crippen LogP contribution is -1.99. The van der Waals surface area contributed by atoms with Gasteiger partial charge in [-0.2, -0.15) is 0 Å². The van der Waals surface area contributed by atoms with Gasteiger partial charge in [0.05, 0.1) is 8.95 Å². The first kappa shape index (κ1) is 15.7. The highest BCUT2D eigenvalue weighted by Gasteiger charge is 2.10. The first-order valence-corrected chi connectivity index (χ1v) is 7.73. The van der Waals surface area contributed by atoms with Gasteiger partial charge in [0.2, 0.25) is 0 Å². The standard InChI is InChI=1S/C14H9Br2ClF2O/c15-12-3-8(6-17)4-13(16)14(12)20-7-9-1-10(18)5-11(19)2-9/h1-5H,6-7H2. The maximum absolute atomic E-state index is 13.1. The molecule has 0 radical (unpaired) electrons. The van der Waals surface area contributed by atoms with Crippen LogP contribution in [0.3, 0.4) is 0 Å². The first-order chi connectivity index (χ1) is 9.49. The van der Waals surface area contributed by atoms with Crippen molar-refractivity contribution in [3.8, 4) is 5.75 Å². The lowest BCUT2D eigenvalue weighted by Gasteiger charge is -2.12. The Morgan fingerprint density at radius 1 is 0.900 bits per heavy atom. The zero-order valence-electron chi connectivity index (χ0n) is 10.1. The minimum absolute atomic E-state index is 0.0616. The molecule has 0 fully saturated rings. The third-order valence-corrected chi connectivity index (χ3v) is 4.00. The predicted octanol–water partition coefficient (Wildman–Crippen LogP) is 5.81. The van der Waals surface area contributed by atoms with Crippen LogP contribution in [0.5, 0.6) is 5.75 Å². The smallest absolute Gasteiger partial charge is 0.148 e. The molecular formula is C14H9Br2ClF2O. The summed E-state index contributed by atoms with van der Waals surface area (Å²) in [6, 6.07) is 6.96. The molecule has 1 nitrogen and oxygen atoms in total. The van der Waals surface area contributed by atoms with Crippen LogP contribution in [-0.2, 0) is 12.5 Å². The van der Waals surface area contributed by atoms with Crippen LogP contribution in [0.2, 0.25) is 0 Å². The number of halogens is 5. The largest absolute Gasteiger partial charge is 0.487 e. The molecule has 0 bridgehead atoms. The van der Waals surface area contributed by atoms with Gasteiger partial charge in [-0.15, -0.1) is 11.6 Å². The summed E-state index contributed by atoms with van der Waals surface area (Å²) in [5.41, 5.74) is 1.34. The third kappa shape index (κ3) is 3.93. The molecule has 2 aromatic carbocycles. The number of benzene rings is 2. The molecule has 0 N–H and O–H groups in total. The van der Waals surface area contributed by atoms with E-state index in [4.69, 9.17) is 16.3 Å². The molecular weight excluding hydrogens is 417 g/mol. The van der Waals surface area contributed by atoms with Crippen molar-refractivity contribution in [2.75, 3.05) is 0 Å². The van der Waals surface area contributed by atoms with Crippen molar-refractivity contribution in [1.82, 2.24) is 0 Å². The van der Waals surface area contributed by atoms with Crippen LogP contribution in [-0.4, -0.2) is 0 Å². The molecule has 0 heterocycles. The highest BCUT2D eigenvalue weighted by molar-refractivity contribution is 9.11. The summed E-state index contributed by atoms with van der Waals surface area (Å²) < 4.78 is 33.2. The van der Waals surface area contributed by atoms with Gasteiger partial charge in [-0.3, -0.25) is 0 Å². The molecule has 0 saturated carbocycles. The van der Waals surface area contributed by atoms with Crippen molar-refractivity contribution >= 4 is 43.5 Å². The van der Waals surface area contributed by atoms with Crippen LogP contribution in [0, 0.1) is 11.6 Å². The fourth-order valence-electron chi connectivity index (χ4n) is 1.68. The first-order valence-electron chi connectivity index (χ1n) is 5.61. The van der Waals surface area contributed by atoms with Crippen LogP contribution in [0.25, 0.3) is 0 Å². The highest BCUT2D eigenvalue weighted by atomic mass is 79.9. The van der Waals surface area contributed by atoms with Crippen LogP contribution in [0.1, 0.15) is 11.1 Å². The molecule has 0 aliphatic heterocycles. The second kappa shape index (κ2) is 6.87. The lowest BCUT2D eigenvalue weighted by molar-refractivity contribution is 0.301. The van der Waals surface area contributed by atoms with Crippen molar-refractivity contribution < 1.29 is 13.5 Å². The third-order valence-electron chi connectivity index (χ3n) is 2.52. The van der Waals surface area contributed by atoms with E-state index in [9.17, 15) is 8.78 Å². The number of hydrogen-bond donors (Lipinski definition) is 0. The Labute approximate surface area is 137 Å². The van der Waals surface area contributed by atoms with Gasteiger partial charge >= 0.3 is 0 Å². The molecule has 0 aliphatic carbocycles. The second-order valence-corrected chi connectivity index (χ2v) is 6.06. The van der Waals surface area contributed by atoms with Gasteiger partial charge in [0.25, 0.3) is 0 Å². The fourth-order valence-corrected chi connectivity index (χ4v) is 3.34. The minimum Gasteiger partial charge on any atom is -0.487 e. The van der Waals surface area contributed by atoms with E-state index in [-0.39, 0.29) is 6.61 Å². The molecule has 0 unspecified atom stereocenters. The minimum atomic E-state index is -0.626. The molecule has 0 amide bonds. The average Bonchev–Trinajstić information content (AvgIpc) is 2.36. The van der Waals surface area contributed by atoms with E-state index in [1.165, 1.54) is 12.1 Å². The van der Waals surface area contributed by atoms with E-state index in [0.29, 0.717) is 17.2 Å². The van der Waals surface area contributed by atoms with Crippen LogP contribution in [0.15, 0.2) is 39.3 Å². The van der Waals surface area contributed by atoms with E-state index in [1.807, 2.05) is 12.1 Å². The Morgan fingerprint density at radius 2 is 1.45 bits per heavy atom. The summed E-state index contributed by atoms with van der Waals surface area (Å²) in [6.07, 6.45) is 0. The highest BCUT2D eigenvalue weighted by Crippen LogP contribution is 2.35. The monoisotopic (exact) mass is 424 g/mol. The summed E-state index contributed by atoms with van der Waals surface area (Å²) in [4.78, 5) is 0. The zero-order valence-corrected chi connectivity index (χ0v) is 14.0. The summed E-state index contributed by atoms with van der Waals surface area (Å²) in [6.45, 7) is 0.0616. The molecule has 2 rings (SSSR count). The molecule has 2 aromatic rings. The van der Waals surface area contributed by atoms with Gasteiger partial charge in [0.15, 0.2) is 0 Å². The van der Waals surface area contributed by atoms with Crippen molar-refractivity contribution in [2.24, 2.45) is 0 Å². The number of hydrogen-bond acceptors (Lipinski definition) is 1. The van der Waals surface area contributed by atoms with E-state index < -0.39 is 11.6 Å². The molecule has 106 valence electrons. The van der Waals surface area contributed by atoms with Crippen LogP contribution in [0.4, 0.5) is 8.78 Å². The summed E-state index contributed by atoms with van der Waals surface area (Å²) >= 11 is 12.5. The average molecular weight is 426 g/mol. The summed E-state index contributed by atoms with van der Waals surface area (Å²) in [5.74, 6) is -0.311. The molecule has 0 aliphatic rings. The number of alkyl halides is 1. The normalized spacial score (nSPS) is 10.7. The Bertz CT molecular complexity index is 591. The van der Waals surface area contributed by atoms with Gasteiger partial charge in [-0.1, -0.05) is 0 Å². The maximum Gasteiger partial charge on any atom is 0.148 e. The van der Waals surface area contributed by atoms with Gasteiger partial charge in [-0.05, 0) is 67.3 Å². The van der Waals surface area contributed by atoms with Gasteiger partial charge < -0.3 is 4.74 Å². The molecule has 0 saturated heterocycles. The van der Waals surface area contributed by atoms with Crippen molar-refractivity contribution in [3.63, 3.8) is 0 Å². The molecule has 0 aromatic heterocycles. The summed E-state index contributed by atoms with van der Waals surface area (Å²) in [7, 11) is 0. The van der Waals surface area contributed by atoms with E-state index in [0.717, 1.165) is 20.6 Å². The van der Waals surface area contributed by atoms with Gasteiger partial charge in [0, 0.05) is 11.9 Å². The van der Waals surface area contributed by atoms with Crippen LogP contribution < -0.4 is 4.74 Å². The van der Waals surface area contributed by atoms with E-state index in [1.54, 1.807) is 0 Å². The van der Waals surface area contributed by atoms with Gasteiger partial charge in [0.1, 0.15) is 24.0 Å². The Morgan fingerprint density at radius 3 is 1.95 bits per heavy atom. The Hall–Kier alpha value is -0.650. The SMILES string of the molecule is Fc1cc(F)cc(COc2c(Br)cc(CCl)cc2Br)c1. The summed E-state index contributed by atoms with van der Waals surface area (Å²) in [5, 5.41) is 0. The molecule has 0 atom stereocenters. The maximum atomic E-state index is 13.1. The quantitative estimate of drug-likeness (QED) is 0.561. The Kier molecular flexibility index (Phi) is 5.41. The van der Waals surface area contributed by atoms with Crippen molar-refractivity contribution in [3.05, 3.63) is 62.0 Å². The van der Waals surface area contributed by atoms with Crippen LogP contribution >= 0.6 is 43.5 Å². The second-order valence-electron chi connectivity index (χ2n) is 4.09.